The molecule has 1 fully saturated rings. The van der Waals surface area contributed by atoms with Crippen molar-refractivity contribution < 1.29 is 17.7 Å². The monoisotopic (exact) mass is 440 g/mol. The molecule has 0 saturated heterocycles. The molecule has 0 bridgehead atoms. The van der Waals surface area contributed by atoms with Crippen LogP contribution in [0.2, 0.25) is 5.02 Å². The molecule has 158 valence electrons. The maximum atomic E-state index is 13.2. The SMILES string of the molecule is Cc1nc(C2(NC(=O)c3cc(S(=O)(=O)N(C)C)ccc3Cl)CCCCCC2)no1. The normalized spacial score (nSPS) is 17.1. The van der Waals surface area contributed by atoms with Gasteiger partial charge in [-0.3, -0.25) is 4.79 Å². The maximum Gasteiger partial charge on any atom is 0.253 e. The third-order valence-corrected chi connectivity index (χ3v) is 7.37. The van der Waals surface area contributed by atoms with Gasteiger partial charge in [0.05, 0.1) is 15.5 Å². The molecule has 8 nitrogen and oxygen atoms in total. The lowest BCUT2D eigenvalue weighted by atomic mass is 9.88. The summed E-state index contributed by atoms with van der Waals surface area (Å²) in [5.41, 5.74) is -0.677. The number of sulfonamides is 1. The van der Waals surface area contributed by atoms with Crippen molar-refractivity contribution in [3.8, 4) is 0 Å². The van der Waals surface area contributed by atoms with E-state index in [-0.39, 0.29) is 15.5 Å². The number of carbonyl (C=O) groups is 1. The van der Waals surface area contributed by atoms with Crippen molar-refractivity contribution in [2.75, 3.05) is 14.1 Å². The van der Waals surface area contributed by atoms with Crippen LogP contribution in [0, 0.1) is 6.92 Å². The number of nitrogens with one attached hydrogen (secondary N) is 1. The van der Waals surface area contributed by atoms with Crippen molar-refractivity contribution in [1.82, 2.24) is 19.8 Å². The first kappa shape index (κ1) is 21.7. The van der Waals surface area contributed by atoms with Crippen molar-refractivity contribution in [3.63, 3.8) is 0 Å². The molecule has 1 aromatic carbocycles. The van der Waals surface area contributed by atoms with Crippen LogP contribution in [-0.2, 0) is 15.6 Å². The summed E-state index contributed by atoms with van der Waals surface area (Å²) in [6.07, 6.45) is 5.29. The topological polar surface area (TPSA) is 105 Å². The lowest BCUT2D eigenvalue weighted by molar-refractivity contribution is 0.0876. The molecule has 1 N–H and O–H groups in total. The van der Waals surface area contributed by atoms with E-state index >= 15 is 0 Å². The van der Waals surface area contributed by atoms with E-state index in [9.17, 15) is 13.2 Å². The number of nitrogens with zero attached hydrogens (tertiary/aromatic N) is 3. The van der Waals surface area contributed by atoms with Crippen LogP contribution in [0.3, 0.4) is 0 Å². The second kappa shape index (κ2) is 8.41. The zero-order chi connectivity index (χ0) is 21.2. The molecule has 0 spiro atoms. The van der Waals surface area contributed by atoms with Crippen LogP contribution < -0.4 is 5.32 Å². The second-order valence-corrected chi connectivity index (χ2v) is 10.1. The Morgan fingerprint density at radius 1 is 1.21 bits per heavy atom. The van der Waals surface area contributed by atoms with Gasteiger partial charge in [0.2, 0.25) is 15.9 Å². The minimum Gasteiger partial charge on any atom is -0.340 e. The number of amides is 1. The minimum absolute atomic E-state index is 0.00220. The standard InChI is InChI=1S/C19H25ClN4O4S/c1-13-21-18(23-28-13)19(10-6-4-5-7-11-19)22-17(25)15-12-14(8-9-16(15)20)29(26,27)24(2)3/h8-9,12H,4-7,10-11H2,1-3H3,(H,22,25). The van der Waals surface area contributed by atoms with Crippen LogP contribution in [-0.4, -0.2) is 42.9 Å². The molecular formula is C19H25ClN4O4S. The number of hydrogen-bond donors (Lipinski definition) is 1. The molecule has 1 amide bonds. The van der Waals surface area contributed by atoms with Crippen molar-refractivity contribution in [3.05, 3.63) is 40.5 Å². The van der Waals surface area contributed by atoms with E-state index in [1.54, 1.807) is 6.92 Å². The lowest BCUT2D eigenvalue weighted by Crippen LogP contribution is -2.46. The van der Waals surface area contributed by atoms with E-state index in [1.807, 2.05) is 0 Å². The molecule has 1 heterocycles. The Labute approximate surface area is 175 Å². The summed E-state index contributed by atoms with van der Waals surface area (Å²) in [6, 6.07) is 4.11. The van der Waals surface area contributed by atoms with Gasteiger partial charge in [-0.25, -0.2) is 12.7 Å². The number of hydrogen-bond acceptors (Lipinski definition) is 6. The van der Waals surface area contributed by atoms with Crippen LogP contribution >= 0.6 is 11.6 Å². The average molecular weight is 441 g/mol. The Kier molecular flexibility index (Phi) is 6.30. The average Bonchev–Trinajstić information content (AvgIpc) is 2.97. The van der Waals surface area contributed by atoms with Crippen LogP contribution in [0.4, 0.5) is 0 Å². The highest BCUT2D eigenvalue weighted by Crippen LogP contribution is 2.35. The van der Waals surface area contributed by atoms with E-state index < -0.39 is 21.5 Å². The molecule has 0 radical (unpaired) electrons. The molecule has 29 heavy (non-hydrogen) atoms. The fourth-order valence-electron chi connectivity index (χ4n) is 3.56. The Morgan fingerprint density at radius 2 is 1.86 bits per heavy atom. The Bertz CT molecular complexity index is 995. The van der Waals surface area contributed by atoms with Crippen LogP contribution in [0.5, 0.6) is 0 Å². The van der Waals surface area contributed by atoms with Gasteiger partial charge in [-0.05, 0) is 31.0 Å². The zero-order valence-electron chi connectivity index (χ0n) is 16.7. The molecule has 1 aromatic heterocycles. The van der Waals surface area contributed by atoms with Gasteiger partial charge in [0.15, 0.2) is 5.82 Å². The molecule has 1 saturated carbocycles. The molecule has 1 aliphatic rings. The molecule has 10 heteroatoms. The van der Waals surface area contributed by atoms with Crippen molar-refractivity contribution in [2.24, 2.45) is 0 Å². The quantitative estimate of drug-likeness (QED) is 0.715. The van der Waals surface area contributed by atoms with Crippen LogP contribution in [0.15, 0.2) is 27.6 Å². The summed E-state index contributed by atoms with van der Waals surface area (Å²) in [5, 5.41) is 7.29. The molecule has 1 aliphatic carbocycles. The molecule has 3 rings (SSSR count). The Hall–Kier alpha value is -1.97. The Morgan fingerprint density at radius 3 is 2.41 bits per heavy atom. The summed E-state index contributed by atoms with van der Waals surface area (Å²) >= 11 is 6.25. The highest BCUT2D eigenvalue weighted by Gasteiger charge is 2.39. The number of benzene rings is 1. The Balaban J connectivity index is 1.98. The minimum atomic E-state index is -3.70. The fraction of sp³-hybridized carbons (Fsp3) is 0.526. The van der Waals surface area contributed by atoms with E-state index in [0.29, 0.717) is 24.6 Å². The zero-order valence-corrected chi connectivity index (χ0v) is 18.3. The fourth-order valence-corrected chi connectivity index (χ4v) is 4.70. The second-order valence-electron chi connectivity index (χ2n) is 7.52. The van der Waals surface area contributed by atoms with E-state index in [4.69, 9.17) is 16.1 Å². The van der Waals surface area contributed by atoms with Gasteiger partial charge in [0, 0.05) is 21.0 Å². The van der Waals surface area contributed by atoms with Gasteiger partial charge >= 0.3 is 0 Å². The first-order valence-corrected chi connectivity index (χ1v) is 11.3. The van der Waals surface area contributed by atoms with E-state index in [2.05, 4.69) is 15.5 Å². The summed E-state index contributed by atoms with van der Waals surface area (Å²) < 4.78 is 31.2. The highest BCUT2D eigenvalue weighted by atomic mass is 35.5. The molecule has 0 atom stereocenters. The third kappa shape index (κ3) is 4.46. The van der Waals surface area contributed by atoms with Crippen LogP contribution in [0.25, 0.3) is 0 Å². The van der Waals surface area contributed by atoms with Gasteiger partial charge in [-0.15, -0.1) is 0 Å². The maximum absolute atomic E-state index is 13.2. The first-order chi connectivity index (χ1) is 13.7. The van der Waals surface area contributed by atoms with Crippen molar-refractivity contribution in [2.45, 2.75) is 55.9 Å². The molecule has 2 aromatic rings. The van der Waals surface area contributed by atoms with Crippen molar-refractivity contribution in [1.29, 1.82) is 0 Å². The highest BCUT2D eigenvalue weighted by molar-refractivity contribution is 7.89. The molecular weight excluding hydrogens is 416 g/mol. The molecule has 0 aliphatic heterocycles. The van der Waals surface area contributed by atoms with Gasteiger partial charge in [-0.1, -0.05) is 42.4 Å². The summed E-state index contributed by atoms with van der Waals surface area (Å²) in [4.78, 5) is 17.6. The number of carbonyl (C=O) groups excluding carboxylic acids is 1. The largest absolute Gasteiger partial charge is 0.340 e. The van der Waals surface area contributed by atoms with Crippen LogP contribution in [0.1, 0.15) is 60.6 Å². The number of aromatic nitrogens is 2. The summed E-state index contributed by atoms with van der Waals surface area (Å²) in [5.74, 6) is 0.406. The van der Waals surface area contributed by atoms with Gasteiger partial charge < -0.3 is 9.84 Å². The lowest BCUT2D eigenvalue weighted by Gasteiger charge is -2.31. The summed E-state index contributed by atoms with van der Waals surface area (Å²) in [6.45, 7) is 1.70. The molecule has 0 unspecified atom stereocenters. The van der Waals surface area contributed by atoms with Gasteiger partial charge in [-0.2, -0.15) is 4.98 Å². The predicted octanol–water partition coefficient (Wildman–Crippen LogP) is 3.26. The summed E-state index contributed by atoms with van der Waals surface area (Å²) in [7, 11) is -0.831. The van der Waals surface area contributed by atoms with Gasteiger partial charge in [0.25, 0.3) is 5.91 Å². The van der Waals surface area contributed by atoms with Gasteiger partial charge in [0.1, 0.15) is 5.54 Å². The van der Waals surface area contributed by atoms with E-state index in [1.165, 1.54) is 32.3 Å². The number of halogens is 1. The third-order valence-electron chi connectivity index (χ3n) is 5.23. The van der Waals surface area contributed by atoms with E-state index in [0.717, 1.165) is 30.0 Å². The number of rotatable bonds is 5. The smallest absolute Gasteiger partial charge is 0.253 e. The first-order valence-electron chi connectivity index (χ1n) is 9.51. The predicted molar refractivity (Wildman–Crippen MR) is 108 cm³/mol. The number of aryl methyl sites for hydroxylation is 1. The van der Waals surface area contributed by atoms with Crippen molar-refractivity contribution >= 4 is 27.5 Å².